The van der Waals surface area contributed by atoms with Gasteiger partial charge in [0.2, 0.25) is 0 Å². The van der Waals surface area contributed by atoms with Gasteiger partial charge in [0.15, 0.2) is 0 Å². The first-order valence-electron chi connectivity index (χ1n) is 7.08. The molecule has 4 heteroatoms. The predicted molar refractivity (Wildman–Crippen MR) is 83.8 cm³/mol. The summed E-state index contributed by atoms with van der Waals surface area (Å²) in [5, 5.41) is 3.36. The zero-order valence-corrected chi connectivity index (χ0v) is 13.1. The number of ether oxygens (including phenoxy) is 1. The second-order valence-electron chi connectivity index (χ2n) is 5.83. The first kappa shape index (κ1) is 16.3. The number of benzene rings is 1. The summed E-state index contributed by atoms with van der Waals surface area (Å²) in [5.74, 6) is 1.38. The van der Waals surface area contributed by atoms with Gasteiger partial charge in [0, 0.05) is 6.54 Å². The summed E-state index contributed by atoms with van der Waals surface area (Å²) < 4.78 is 4.73. The molecule has 0 aliphatic rings. The lowest BCUT2D eigenvalue weighted by atomic mass is 9.85. The highest BCUT2D eigenvalue weighted by atomic mass is 16.5. The molecule has 0 fully saturated rings. The first-order chi connectivity index (χ1) is 9.36. The predicted octanol–water partition coefficient (Wildman–Crippen LogP) is 3.40. The fourth-order valence-electron chi connectivity index (χ4n) is 2.42. The molecule has 0 atom stereocenters. The third kappa shape index (κ3) is 4.15. The van der Waals surface area contributed by atoms with Gasteiger partial charge in [0.25, 0.3) is 0 Å². The van der Waals surface area contributed by atoms with E-state index in [2.05, 4.69) is 33.0 Å². The number of hydrogen-bond acceptors (Lipinski definition) is 4. The molecule has 0 bridgehead atoms. The highest BCUT2D eigenvalue weighted by Gasteiger charge is 2.18. The number of esters is 1. The van der Waals surface area contributed by atoms with Gasteiger partial charge >= 0.3 is 5.97 Å². The maximum atomic E-state index is 11.5. The maximum absolute atomic E-state index is 11.5. The van der Waals surface area contributed by atoms with Crippen LogP contribution in [0.4, 0.5) is 11.4 Å². The Morgan fingerprint density at radius 2 is 1.85 bits per heavy atom. The highest BCUT2D eigenvalue weighted by Crippen LogP contribution is 2.24. The van der Waals surface area contributed by atoms with Crippen molar-refractivity contribution in [1.82, 2.24) is 0 Å². The van der Waals surface area contributed by atoms with Crippen molar-refractivity contribution in [3.8, 4) is 0 Å². The summed E-state index contributed by atoms with van der Waals surface area (Å²) in [5.41, 5.74) is 7.90. The molecular formula is C16H26N2O2. The van der Waals surface area contributed by atoms with Gasteiger partial charge in [-0.25, -0.2) is 4.79 Å². The third-order valence-corrected chi connectivity index (χ3v) is 3.72. The Morgan fingerprint density at radius 3 is 2.35 bits per heavy atom. The summed E-state index contributed by atoms with van der Waals surface area (Å²) in [6.45, 7) is 9.73. The van der Waals surface area contributed by atoms with Gasteiger partial charge in [0.1, 0.15) is 0 Å². The zero-order chi connectivity index (χ0) is 15.3. The lowest BCUT2D eigenvalue weighted by Gasteiger charge is -2.26. The van der Waals surface area contributed by atoms with Crippen molar-refractivity contribution in [3.05, 3.63) is 23.8 Å². The Hall–Kier alpha value is -1.71. The van der Waals surface area contributed by atoms with E-state index >= 15 is 0 Å². The van der Waals surface area contributed by atoms with Crippen LogP contribution in [0.3, 0.4) is 0 Å². The molecule has 1 aromatic rings. The van der Waals surface area contributed by atoms with Crippen LogP contribution in [0.25, 0.3) is 0 Å². The Morgan fingerprint density at radius 1 is 1.25 bits per heavy atom. The van der Waals surface area contributed by atoms with Crippen LogP contribution in [0.1, 0.15) is 38.1 Å². The van der Waals surface area contributed by atoms with Crippen molar-refractivity contribution in [2.75, 3.05) is 24.7 Å². The quantitative estimate of drug-likeness (QED) is 0.618. The number of methoxy groups -OCH3 is 1. The van der Waals surface area contributed by atoms with Crippen molar-refractivity contribution < 1.29 is 9.53 Å². The van der Waals surface area contributed by atoms with Gasteiger partial charge in [-0.1, -0.05) is 27.7 Å². The SMILES string of the molecule is COC(=O)c1ccc(N)c(NCC(C(C)C)C(C)C)c1. The van der Waals surface area contributed by atoms with Crippen molar-refractivity contribution in [1.29, 1.82) is 0 Å². The summed E-state index contributed by atoms with van der Waals surface area (Å²) in [6.07, 6.45) is 0. The third-order valence-electron chi connectivity index (χ3n) is 3.72. The number of nitrogens with two attached hydrogens (primary N) is 1. The van der Waals surface area contributed by atoms with Crippen molar-refractivity contribution in [3.63, 3.8) is 0 Å². The Kier molecular flexibility index (Phi) is 5.86. The molecule has 1 aromatic carbocycles. The van der Waals surface area contributed by atoms with Crippen molar-refractivity contribution in [2.45, 2.75) is 27.7 Å². The number of nitrogens with one attached hydrogen (secondary N) is 1. The minimum absolute atomic E-state index is 0.350. The lowest BCUT2D eigenvalue weighted by Crippen LogP contribution is -2.25. The van der Waals surface area contributed by atoms with Crippen LogP contribution in [0.2, 0.25) is 0 Å². The number of carbonyl (C=O) groups is 1. The molecule has 0 saturated heterocycles. The van der Waals surface area contributed by atoms with Crippen LogP contribution in [-0.4, -0.2) is 19.6 Å². The van der Waals surface area contributed by atoms with E-state index in [4.69, 9.17) is 10.5 Å². The largest absolute Gasteiger partial charge is 0.465 e. The Balaban J connectivity index is 2.83. The molecule has 0 unspecified atom stereocenters. The number of rotatable bonds is 6. The molecule has 112 valence electrons. The second-order valence-corrected chi connectivity index (χ2v) is 5.83. The molecular weight excluding hydrogens is 252 g/mol. The molecule has 1 rings (SSSR count). The number of nitrogen functional groups attached to an aromatic ring is 1. The molecule has 0 aromatic heterocycles. The van der Waals surface area contributed by atoms with Gasteiger partial charge in [-0.2, -0.15) is 0 Å². The fourth-order valence-corrected chi connectivity index (χ4v) is 2.42. The smallest absolute Gasteiger partial charge is 0.337 e. The normalized spacial score (nSPS) is 11.2. The van der Waals surface area contributed by atoms with E-state index in [1.807, 2.05) is 0 Å². The number of hydrogen-bond donors (Lipinski definition) is 2. The Labute approximate surface area is 121 Å². The van der Waals surface area contributed by atoms with Crippen molar-refractivity contribution >= 4 is 17.3 Å². The topological polar surface area (TPSA) is 64.3 Å². The summed E-state index contributed by atoms with van der Waals surface area (Å²) in [4.78, 5) is 11.5. The molecule has 4 nitrogen and oxygen atoms in total. The van der Waals surface area contributed by atoms with E-state index < -0.39 is 0 Å². The molecule has 20 heavy (non-hydrogen) atoms. The van der Waals surface area contributed by atoms with E-state index in [1.54, 1.807) is 18.2 Å². The summed E-state index contributed by atoms with van der Waals surface area (Å²) >= 11 is 0. The van der Waals surface area contributed by atoms with Crippen LogP contribution in [0.15, 0.2) is 18.2 Å². The zero-order valence-electron chi connectivity index (χ0n) is 13.1. The number of carbonyl (C=O) groups excluding carboxylic acids is 1. The van der Waals surface area contributed by atoms with E-state index in [0.717, 1.165) is 12.2 Å². The molecule has 3 N–H and O–H groups in total. The van der Waals surface area contributed by atoms with E-state index in [-0.39, 0.29) is 5.97 Å². The number of anilines is 2. The lowest BCUT2D eigenvalue weighted by molar-refractivity contribution is 0.0601. The molecule has 0 spiro atoms. The van der Waals surface area contributed by atoms with E-state index in [0.29, 0.717) is 29.0 Å². The van der Waals surface area contributed by atoms with E-state index in [1.165, 1.54) is 7.11 Å². The molecule has 0 amide bonds. The minimum Gasteiger partial charge on any atom is -0.465 e. The fraction of sp³-hybridized carbons (Fsp3) is 0.562. The van der Waals surface area contributed by atoms with Gasteiger partial charge in [-0.15, -0.1) is 0 Å². The van der Waals surface area contributed by atoms with Crippen molar-refractivity contribution in [2.24, 2.45) is 17.8 Å². The highest BCUT2D eigenvalue weighted by molar-refractivity contribution is 5.91. The average molecular weight is 278 g/mol. The Bertz CT molecular complexity index is 448. The van der Waals surface area contributed by atoms with Gasteiger partial charge in [-0.05, 0) is 36.0 Å². The monoisotopic (exact) mass is 278 g/mol. The first-order valence-corrected chi connectivity index (χ1v) is 7.08. The van der Waals surface area contributed by atoms with Crippen LogP contribution >= 0.6 is 0 Å². The maximum Gasteiger partial charge on any atom is 0.337 e. The van der Waals surface area contributed by atoms with Gasteiger partial charge in [-0.3, -0.25) is 0 Å². The molecule has 0 saturated carbocycles. The molecule has 0 aliphatic heterocycles. The molecule has 0 heterocycles. The van der Waals surface area contributed by atoms with E-state index in [9.17, 15) is 4.79 Å². The van der Waals surface area contributed by atoms with Gasteiger partial charge < -0.3 is 15.8 Å². The standard InChI is InChI=1S/C16H26N2O2/c1-10(2)13(11(3)4)9-18-15-8-12(16(19)20-5)6-7-14(15)17/h6-8,10-11,13,18H,9,17H2,1-5H3. The van der Waals surface area contributed by atoms with Crippen LogP contribution in [0.5, 0.6) is 0 Å². The van der Waals surface area contributed by atoms with Crippen LogP contribution in [0, 0.1) is 17.8 Å². The summed E-state index contributed by atoms with van der Waals surface area (Å²) in [6, 6.07) is 5.15. The second kappa shape index (κ2) is 7.17. The molecule has 0 radical (unpaired) electrons. The minimum atomic E-state index is -0.350. The molecule has 0 aliphatic carbocycles. The summed E-state index contributed by atoms with van der Waals surface area (Å²) in [7, 11) is 1.37. The van der Waals surface area contributed by atoms with Gasteiger partial charge in [0.05, 0.1) is 24.0 Å². The van der Waals surface area contributed by atoms with Crippen LogP contribution < -0.4 is 11.1 Å². The van der Waals surface area contributed by atoms with Crippen LogP contribution in [-0.2, 0) is 4.74 Å². The average Bonchev–Trinajstić information content (AvgIpc) is 2.39.